The molecule has 7 aromatic carbocycles. The van der Waals surface area contributed by atoms with Gasteiger partial charge in [-0.25, -0.2) is 19.9 Å². The summed E-state index contributed by atoms with van der Waals surface area (Å²) in [6.45, 7) is 6.71. The van der Waals surface area contributed by atoms with Crippen molar-refractivity contribution in [2.24, 2.45) is 0 Å². The summed E-state index contributed by atoms with van der Waals surface area (Å²) < 4.78 is 8.99. The van der Waals surface area contributed by atoms with Crippen LogP contribution >= 0.6 is 11.3 Å². The number of hydrogen-bond donors (Lipinski definition) is 0. The van der Waals surface area contributed by atoms with Gasteiger partial charge in [-0.1, -0.05) is 164 Å². The van der Waals surface area contributed by atoms with E-state index in [2.05, 4.69) is 135 Å². The average Bonchev–Trinajstić information content (AvgIpc) is 3.89. The van der Waals surface area contributed by atoms with Gasteiger partial charge in [-0.3, -0.25) is 0 Å². The van der Waals surface area contributed by atoms with Crippen LogP contribution < -0.4 is 0 Å². The second-order valence-corrected chi connectivity index (χ2v) is 15.6. The molecule has 0 aliphatic rings. The molecule has 11 rings (SSSR count). The predicted octanol–water partition coefficient (Wildman–Crippen LogP) is 14.2. The Labute approximate surface area is 344 Å². The Balaban J connectivity index is 1.02. The topological polar surface area (TPSA) is 64.7 Å². The minimum Gasteiger partial charge on any atom is -0.455 e. The molecule has 0 fully saturated rings. The molecule has 0 bridgehead atoms. The zero-order valence-corrected chi connectivity index (χ0v) is 32.9. The third-order valence-corrected chi connectivity index (χ3v) is 12.3. The third-order valence-electron chi connectivity index (χ3n) is 11.1. The molecule has 5 nitrogen and oxygen atoms in total. The van der Waals surface area contributed by atoms with Gasteiger partial charge in [-0.15, -0.1) is 11.3 Å². The summed E-state index contributed by atoms with van der Waals surface area (Å²) in [5.41, 5.74) is 11.1. The first-order chi connectivity index (χ1) is 29.1. The Morgan fingerprint density at radius 3 is 1.93 bits per heavy atom. The molecule has 0 aliphatic carbocycles. The standard InChI is InChI=1S/C53H34N4OS/c1-3-36(40-23-15-24-41-39-20-10-13-26-45(39)58-49(40)41)38-19-8-7-18-37(38)32(2)51-55-52(34-16-5-4-6-17-34)57-53(56-51)35-30-28-33(29-31-35)48-47-43-22-11-14-27-46(43)59-50(47)42-21-9-12-25-44(42)54-48/h3-31H,2H2,1H3/b36-3+. The van der Waals surface area contributed by atoms with Crippen LogP contribution in [0.15, 0.2) is 187 Å². The van der Waals surface area contributed by atoms with Crippen molar-refractivity contribution in [3.8, 4) is 34.0 Å². The van der Waals surface area contributed by atoms with Crippen molar-refractivity contribution in [3.05, 3.63) is 205 Å². The van der Waals surface area contributed by atoms with E-state index in [1.165, 1.54) is 25.6 Å². The van der Waals surface area contributed by atoms with E-state index in [9.17, 15) is 0 Å². The van der Waals surface area contributed by atoms with Gasteiger partial charge in [-0.2, -0.15) is 0 Å². The van der Waals surface area contributed by atoms with Gasteiger partial charge in [0.25, 0.3) is 0 Å². The number of thiophene rings is 1. The van der Waals surface area contributed by atoms with Gasteiger partial charge >= 0.3 is 0 Å². The lowest BCUT2D eigenvalue weighted by atomic mass is 9.89. The maximum absolute atomic E-state index is 6.49. The van der Waals surface area contributed by atoms with Crippen molar-refractivity contribution in [1.82, 2.24) is 19.9 Å². The summed E-state index contributed by atoms with van der Waals surface area (Å²) >= 11 is 1.82. The molecule has 0 unspecified atom stereocenters. The second kappa shape index (κ2) is 14.1. The molecule has 4 heterocycles. The van der Waals surface area contributed by atoms with E-state index >= 15 is 0 Å². The number of rotatable bonds is 7. The highest BCUT2D eigenvalue weighted by Gasteiger charge is 2.21. The van der Waals surface area contributed by atoms with Crippen molar-refractivity contribution < 1.29 is 4.42 Å². The zero-order valence-electron chi connectivity index (χ0n) is 32.1. The second-order valence-electron chi connectivity index (χ2n) is 14.5. The smallest absolute Gasteiger partial charge is 0.164 e. The lowest BCUT2D eigenvalue weighted by Crippen LogP contribution is -2.04. The number of hydrogen-bond acceptors (Lipinski definition) is 6. The van der Waals surface area contributed by atoms with Gasteiger partial charge in [0.05, 0.1) is 11.2 Å². The highest BCUT2D eigenvalue weighted by atomic mass is 32.1. The van der Waals surface area contributed by atoms with Crippen LogP contribution in [-0.4, -0.2) is 19.9 Å². The molecular weight excluding hydrogens is 741 g/mol. The summed E-state index contributed by atoms with van der Waals surface area (Å²) in [4.78, 5) is 20.5. The van der Waals surface area contributed by atoms with Crippen molar-refractivity contribution in [2.75, 3.05) is 0 Å². The van der Waals surface area contributed by atoms with E-state index in [0.29, 0.717) is 23.0 Å². The third kappa shape index (κ3) is 5.84. The highest BCUT2D eigenvalue weighted by molar-refractivity contribution is 7.26. The van der Waals surface area contributed by atoms with E-state index in [0.717, 1.165) is 72.1 Å². The molecule has 0 saturated carbocycles. The fraction of sp³-hybridized carbons (Fsp3) is 0.0189. The van der Waals surface area contributed by atoms with E-state index in [1.807, 2.05) is 65.9 Å². The lowest BCUT2D eigenvalue weighted by molar-refractivity contribution is 0.667. The average molecular weight is 775 g/mol. The number of fused-ring (bicyclic) bond motifs is 8. The number of para-hydroxylation sites is 3. The maximum Gasteiger partial charge on any atom is 0.164 e. The Hall–Kier alpha value is -7.54. The van der Waals surface area contributed by atoms with Crippen LogP contribution in [0.3, 0.4) is 0 Å². The molecule has 4 aromatic heterocycles. The molecule has 0 spiro atoms. The summed E-state index contributed by atoms with van der Waals surface area (Å²) in [5, 5.41) is 5.74. The van der Waals surface area contributed by atoms with Crippen LogP contribution in [-0.2, 0) is 0 Å². The molecule has 0 atom stereocenters. The highest BCUT2D eigenvalue weighted by Crippen LogP contribution is 2.43. The van der Waals surface area contributed by atoms with Gasteiger partial charge in [0, 0.05) is 64.2 Å². The quantitative estimate of drug-likeness (QED) is 0.161. The number of aromatic nitrogens is 4. The molecule has 0 amide bonds. The largest absolute Gasteiger partial charge is 0.455 e. The van der Waals surface area contributed by atoms with Gasteiger partial charge in [0.2, 0.25) is 0 Å². The van der Waals surface area contributed by atoms with E-state index in [-0.39, 0.29) is 0 Å². The molecule has 0 radical (unpaired) electrons. The molecule has 59 heavy (non-hydrogen) atoms. The lowest BCUT2D eigenvalue weighted by Gasteiger charge is -2.16. The normalized spacial score (nSPS) is 12.0. The number of nitrogens with zero attached hydrogens (tertiary/aromatic N) is 4. The van der Waals surface area contributed by atoms with Gasteiger partial charge in [-0.05, 0) is 41.8 Å². The summed E-state index contributed by atoms with van der Waals surface area (Å²) in [6, 6.07) is 58.3. The first kappa shape index (κ1) is 34.7. The van der Waals surface area contributed by atoms with Gasteiger partial charge in [0.1, 0.15) is 11.2 Å². The van der Waals surface area contributed by atoms with Crippen LogP contribution in [0.1, 0.15) is 29.4 Å². The number of pyridine rings is 1. The fourth-order valence-electron chi connectivity index (χ4n) is 8.27. The first-order valence-electron chi connectivity index (χ1n) is 19.6. The number of furan rings is 1. The molecule has 0 aliphatic heterocycles. The van der Waals surface area contributed by atoms with Crippen LogP contribution in [0.2, 0.25) is 0 Å². The molecular formula is C53H34N4OS. The van der Waals surface area contributed by atoms with E-state index in [1.54, 1.807) is 0 Å². The van der Waals surface area contributed by atoms with Gasteiger partial charge in [0.15, 0.2) is 17.5 Å². The SMILES string of the molecule is C=C(c1nc(-c2ccccc2)nc(-c2ccc(-c3nc4ccccc4c4sc5ccccc5c34)cc2)n1)c1ccccc1/C(=C\C)c1cccc2c1oc1ccccc12. The number of allylic oxidation sites excluding steroid dienone is 1. The maximum atomic E-state index is 6.49. The monoisotopic (exact) mass is 774 g/mol. The fourth-order valence-corrected chi connectivity index (χ4v) is 9.51. The first-order valence-corrected chi connectivity index (χ1v) is 20.4. The Kier molecular flexibility index (Phi) is 8.31. The minimum absolute atomic E-state index is 0.505. The van der Waals surface area contributed by atoms with Crippen LogP contribution in [0.25, 0.3) is 98.2 Å². The summed E-state index contributed by atoms with van der Waals surface area (Å²) in [5.74, 6) is 1.65. The Morgan fingerprint density at radius 1 is 0.525 bits per heavy atom. The molecule has 0 saturated heterocycles. The van der Waals surface area contributed by atoms with Crippen LogP contribution in [0.5, 0.6) is 0 Å². The van der Waals surface area contributed by atoms with Crippen molar-refractivity contribution in [2.45, 2.75) is 6.92 Å². The predicted molar refractivity (Wildman–Crippen MR) is 245 cm³/mol. The van der Waals surface area contributed by atoms with Crippen molar-refractivity contribution in [1.29, 1.82) is 0 Å². The molecule has 0 N–H and O–H groups in total. The molecule has 6 heteroatoms. The van der Waals surface area contributed by atoms with Crippen molar-refractivity contribution >= 4 is 75.5 Å². The van der Waals surface area contributed by atoms with E-state index in [4.69, 9.17) is 24.4 Å². The molecule has 11 aromatic rings. The van der Waals surface area contributed by atoms with E-state index < -0.39 is 0 Å². The van der Waals surface area contributed by atoms with Gasteiger partial charge < -0.3 is 4.42 Å². The van der Waals surface area contributed by atoms with Crippen LogP contribution in [0.4, 0.5) is 0 Å². The number of benzene rings is 7. The summed E-state index contributed by atoms with van der Waals surface area (Å²) in [7, 11) is 0. The minimum atomic E-state index is 0.505. The molecule has 278 valence electrons. The van der Waals surface area contributed by atoms with Crippen LogP contribution in [0, 0.1) is 0 Å². The zero-order chi connectivity index (χ0) is 39.5. The Bertz CT molecular complexity index is 3470. The Morgan fingerprint density at radius 2 is 1.14 bits per heavy atom. The summed E-state index contributed by atoms with van der Waals surface area (Å²) in [6.07, 6.45) is 2.14. The van der Waals surface area contributed by atoms with Crippen molar-refractivity contribution in [3.63, 3.8) is 0 Å².